The van der Waals surface area contributed by atoms with Crippen molar-refractivity contribution in [3.05, 3.63) is 41.5 Å². The maximum Gasteiger partial charge on any atom is 0.336 e. The van der Waals surface area contributed by atoms with Crippen LogP contribution in [0.4, 0.5) is 0 Å². The van der Waals surface area contributed by atoms with E-state index in [2.05, 4.69) is 0 Å². The highest BCUT2D eigenvalue weighted by atomic mass is 16.5. The Morgan fingerprint density at radius 2 is 1.89 bits per heavy atom. The van der Waals surface area contributed by atoms with E-state index in [1.165, 1.54) is 0 Å². The Hall–Kier alpha value is -1.61. The van der Waals surface area contributed by atoms with Gasteiger partial charge in [-0.05, 0) is 24.0 Å². The molecule has 19 heavy (non-hydrogen) atoms. The summed E-state index contributed by atoms with van der Waals surface area (Å²) in [6, 6.07) is 9.45. The van der Waals surface area contributed by atoms with Gasteiger partial charge in [-0.25, -0.2) is 4.79 Å². The molecule has 0 fully saturated rings. The number of hydrogen-bond donors (Lipinski definition) is 1. The minimum Gasteiger partial charge on any atom is -0.463 e. The highest BCUT2D eigenvalue weighted by Crippen LogP contribution is 2.27. The van der Waals surface area contributed by atoms with Gasteiger partial charge in [0.2, 0.25) is 0 Å². The molecule has 1 rings (SSSR count). The Balaban J connectivity index is 3.13. The first-order valence-electron chi connectivity index (χ1n) is 6.48. The zero-order chi connectivity index (χ0) is 14.5. The SMILES string of the molecule is CCOC(=O)/C(=C\c1ccccc1)C(O)C(C)(C)C. The first kappa shape index (κ1) is 15.4. The first-order chi connectivity index (χ1) is 8.86. The molecule has 1 N–H and O–H groups in total. The normalized spacial score (nSPS) is 14.1. The van der Waals surface area contributed by atoms with Crippen LogP contribution in [0.25, 0.3) is 6.08 Å². The second-order valence-electron chi connectivity index (χ2n) is 5.50. The largest absolute Gasteiger partial charge is 0.463 e. The van der Waals surface area contributed by atoms with Gasteiger partial charge in [-0.3, -0.25) is 0 Å². The summed E-state index contributed by atoms with van der Waals surface area (Å²) >= 11 is 0. The van der Waals surface area contributed by atoms with Crippen LogP contribution < -0.4 is 0 Å². The van der Waals surface area contributed by atoms with Crippen LogP contribution in [0.5, 0.6) is 0 Å². The summed E-state index contributed by atoms with van der Waals surface area (Å²) in [6.45, 7) is 7.70. The van der Waals surface area contributed by atoms with Gasteiger partial charge in [0.15, 0.2) is 0 Å². The molecule has 0 aliphatic rings. The average molecular weight is 262 g/mol. The van der Waals surface area contributed by atoms with Crippen molar-refractivity contribution in [2.45, 2.75) is 33.8 Å². The standard InChI is InChI=1S/C16H22O3/c1-5-19-15(18)13(14(17)16(2,3)4)11-12-9-7-6-8-10-12/h6-11,14,17H,5H2,1-4H3/b13-11-. The summed E-state index contributed by atoms with van der Waals surface area (Å²) in [6.07, 6.45) is 0.820. The van der Waals surface area contributed by atoms with E-state index in [1.54, 1.807) is 13.0 Å². The lowest BCUT2D eigenvalue weighted by atomic mass is 9.84. The van der Waals surface area contributed by atoms with Crippen molar-refractivity contribution in [1.82, 2.24) is 0 Å². The summed E-state index contributed by atoms with van der Waals surface area (Å²) in [5, 5.41) is 10.3. The van der Waals surface area contributed by atoms with E-state index < -0.39 is 17.5 Å². The predicted octanol–water partition coefficient (Wildman–Crippen LogP) is 3.04. The average Bonchev–Trinajstić information content (AvgIpc) is 2.35. The van der Waals surface area contributed by atoms with Crippen LogP contribution in [0.3, 0.4) is 0 Å². The lowest BCUT2D eigenvalue weighted by Crippen LogP contribution is -2.32. The second-order valence-corrected chi connectivity index (χ2v) is 5.50. The van der Waals surface area contributed by atoms with E-state index in [4.69, 9.17) is 4.74 Å². The van der Waals surface area contributed by atoms with E-state index in [0.29, 0.717) is 12.2 Å². The molecular weight excluding hydrogens is 240 g/mol. The molecule has 1 aromatic carbocycles. The molecule has 0 saturated heterocycles. The van der Waals surface area contributed by atoms with E-state index in [0.717, 1.165) is 5.56 Å². The molecule has 3 heteroatoms. The number of ether oxygens (including phenoxy) is 1. The van der Waals surface area contributed by atoms with Crippen molar-refractivity contribution in [2.75, 3.05) is 6.61 Å². The molecule has 0 bridgehead atoms. The van der Waals surface area contributed by atoms with Gasteiger partial charge in [0.1, 0.15) is 0 Å². The van der Waals surface area contributed by atoms with E-state index in [9.17, 15) is 9.90 Å². The molecule has 0 aromatic heterocycles. The summed E-state index contributed by atoms with van der Waals surface area (Å²) in [5.41, 5.74) is 0.738. The Morgan fingerprint density at radius 1 is 1.32 bits per heavy atom. The van der Waals surface area contributed by atoms with E-state index in [-0.39, 0.29) is 0 Å². The molecule has 0 amide bonds. The zero-order valence-corrected chi connectivity index (χ0v) is 12.0. The van der Waals surface area contributed by atoms with Crippen molar-refractivity contribution in [3.8, 4) is 0 Å². The molecule has 0 spiro atoms. The highest BCUT2D eigenvalue weighted by molar-refractivity contribution is 5.94. The maximum absolute atomic E-state index is 12.0. The highest BCUT2D eigenvalue weighted by Gasteiger charge is 2.30. The molecule has 0 heterocycles. The number of hydrogen-bond acceptors (Lipinski definition) is 3. The van der Waals surface area contributed by atoms with Crippen molar-refractivity contribution in [1.29, 1.82) is 0 Å². The Labute approximate surface area is 114 Å². The number of carbonyl (C=O) groups excluding carboxylic acids is 1. The van der Waals surface area contributed by atoms with Crippen LogP contribution in [0, 0.1) is 5.41 Å². The van der Waals surface area contributed by atoms with Gasteiger partial charge in [-0.2, -0.15) is 0 Å². The third kappa shape index (κ3) is 4.52. The number of esters is 1. The van der Waals surface area contributed by atoms with Gasteiger partial charge in [0.05, 0.1) is 18.3 Å². The molecule has 104 valence electrons. The molecule has 3 nitrogen and oxygen atoms in total. The molecule has 0 radical (unpaired) electrons. The minimum absolute atomic E-state index is 0.292. The minimum atomic E-state index is -0.869. The number of carbonyl (C=O) groups is 1. The first-order valence-corrected chi connectivity index (χ1v) is 6.48. The van der Waals surface area contributed by atoms with Gasteiger partial charge in [0.25, 0.3) is 0 Å². The van der Waals surface area contributed by atoms with Crippen LogP contribution in [-0.2, 0) is 9.53 Å². The second kappa shape index (κ2) is 6.53. The summed E-state index contributed by atoms with van der Waals surface area (Å²) in [7, 11) is 0. The van der Waals surface area contributed by atoms with Crippen LogP contribution >= 0.6 is 0 Å². The third-order valence-electron chi connectivity index (χ3n) is 2.75. The number of rotatable bonds is 4. The van der Waals surface area contributed by atoms with Crippen molar-refractivity contribution >= 4 is 12.0 Å². The van der Waals surface area contributed by atoms with Gasteiger partial charge in [-0.15, -0.1) is 0 Å². The molecule has 0 saturated carbocycles. The van der Waals surface area contributed by atoms with Gasteiger partial charge < -0.3 is 9.84 Å². The summed E-state index contributed by atoms with van der Waals surface area (Å²) in [5.74, 6) is -0.464. The fraction of sp³-hybridized carbons (Fsp3) is 0.438. The molecule has 1 unspecified atom stereocenters. The summed E-state index contributed by atoms with van der Waals surface area (Å²) in [4.78, 5) is 12.0. The maximum atomic E-state index is 12.0. The fourth-order valence-corrected chi connectivity index (χ4v) is 1.66. The molecule has 1 aromatic rings. The monoisotopic (exact) mass is 262 g/mol. The third-order valence-corrected chi connectivity index (χ3v) is 2.75. The number of benzene rings is 1. The lowest BCUT2D eigenvalue weighted by Gasteiger charge is -2.27. The van der Waals surface area contributed by atoms with Crippen LogP contribution in [0.1, 0.15) is 33.3 Å². The van der Waals surface area contributed by atoms with E-state index >= 15 is 0 Å². The van der Waals surface area contributed by atoms with Gasteiger partial charge in [-0.1, -0.05) is 51.1 Å². The molecule has 1 atom stereocenters. The topological polar surface area (TPSA) is 46.5 Å². The smallest absolute Gasteiger partial charge is 0.336 e. The summed E-state index contributed by atoms with van der Waals surface area (Å²) < 4.78 is 5.03. The van der Waals surface area contributed by atoms with Crippen LogP contribution in [0.15, 0.2) is 35.9 Å². The zero-order valence-electron chi connectivity index (χ0n) is 12.0. The fourth-order valence-electron chi connectivity index (χ4n) is 1.66. The number of aliphatic hydroxyl groups excluding tert-OH is 1. The van der Waals surface area contributed by atoms with Crippen molar-refractivity contribution < 1.29 is 14.6 Å². The molecular formula is C16H22O3. The van der Waals surface area contributed by atoms with Crippen LogP contribution in [-0.4, -0.2) is 23.8 Å². The molecule has 0 aliphatic heterocycles. The van der Waals surface area contributed by atoms with Crippen molar-refractivity contribution in [2.24, 2.45) is 5.41 Å². The van der Waals surface area contributed by atoms with Gasteiger partial charge >= 0.3 is 5.97 Å². The molecule has 0 aliphatic carbocycles. The van der Waals surface area contributed by atoms with Crippen LogP contribution in [0.2, 0.25) is 0 Å². The van der Waals surface area contributed by atoms with Gasteiger partial charge in [0, 0.05) is 0 Å². The van der Waals surface area contributed by atoms with E-state index in [1.807, 2.05) is 51.1 Å². The quantitative estimate of drug-likeness (QED) is 0.670. The Bertz CT molecular complexity index is 441. The Kier molecular flexibility index (Phi) is 5.31. The Morgan fingerprint density at radius 3 is 2.37 bits per heavy atom. The predicted molar refractivity (Wildman–Crippen MR) is 76.5 cm³/mol. The lowest BCUT2D eigenvalue weighted by molar-refractivity contribution is -0.140. The van der Waals surface area contributed by atoms with Crippen molar-refractivity contribution in [3.63, 3.8) is 0 Å². The number of aliphatic hydroxyl groups is 1.